The summed E-state index contributed by atoms with van der Waals surface area (Å²) < 4.78 is 10.4. The standard InChI is InChI=1S/C12H14N2O3/c15-12(14-4-1-2-5-14)10-11(17-8-13-10)9-3-6-16-7-9/h3,6-8,10-11H,1-2,4-5H2/t10-,11+/m1/s1. The molecule has 5 nitrogen and oxygen atoms in total. The molecule has 90 valence electrons. The van der Waals surface area contributed by atoms with E-state index in [0.717, 1.165) is 31.5 Å². The Kier molecular flexibility index (Phi) is 2.59. The first kappa shape index (κ1) is 10.4. The first-order valence-electron chi connectivity index (χ1n) is 5.84. The summed E-state index contributed by atoms with van der Waals surface area (Å²) in [6.07, 6.45) is 6.38. The van der Waals surface area contributed by atoms with Crippen LogP contribution in [0.3, 0.4) is 0 Å². The summed E-state index contributed by atoms with van der Waals surface area (Å²) in [5.41, 5.74) is 0.861. The normalized spacial score (nSPS) is 27.4. The molecule has 2 aliphatic heterocycles. The highest BCUT2D eigenvalue weighted by Crippen LogP contribution is 2.29. The summed E-state index contributed by atoms with van der Waals surface area (Å²) in [6.45, 7) is 1.67. The molecule has 0 unspecified atom stereocenters. The zero-order chi connectivity index (χ0) is 11.7. The molecule has 2 aliphatic rings. The third-order valence-electron chi connectivity index (χ3n) is 3.26. The van der Waals surface area contributed by atoms with E-state index < -0.39 is 6.04 Å². The van der Waals surface area contributed by atoms with Gasteiger partial charge in [0.2, 0.25) is 0 Å². The van der Waals surface area contributed by atoms with Crippen molar-refractivity contribution in [3.63, 3.8) is 0 Å². The van der Waals surface area contributed by atoms with Gasteiger partial charge < -0.3 is 14.1 Å². The van der Waals surface area contributed by atoms with Crippen LogP contribution in [0.1, 0.15) is 24.5 Å². The molecule has 0 saturated carbocycles. The number of hydrogen-bond donors (Lipinski definition) is 0. The lowest BCUT2D eigenvalue weighted by Gasteiger charge is -2.21. The fourth-order valence-electron chi connectivity index (χ4n) is 2.33. The predicted molar refractivity (Wildman–Crippen MR) is 60.6 cm³/mol. The summed E-state index contributed by atoms with van der Waals surface area (Å²) in [4.78, 5) is 18.3. The number of aliphatic imine (C=N–C) groups is 1. The minimum Gasteiger partial charge on any atom is -0.473 e. The van der Waals surface area contributed by atoms with E-state index in [4.69, 9.17) is 9.15 Å². The Labute approximate surface area is 99.1 Å². The molecule has 5 heteroatoms. The first-order valence-corrected chi connectivity index (χ1v) is 5.84. The van der Waals surface area contributed by atoms with Crippen molar-refractivity contribution in [2.75, 3.05) is 13.1 Å². The van der Waals surface area contributed by atoms with Gasteiger partial charge in [-0.3, -0.25) is 4.79 Å². The zero-order valence-electron chi connectivity index (χ0n) is 9.41. The molecular formula is C12H14N2O3. The van der Waals surface area contributed by atoms with Crippen molar-refractivity contribution in [1.29, 1.82) is 0 Å². The van der Waals surface area contributed by atoms with Gasteiger partial charge in [-0.1, -0.05) is 0 Å². The number of hydrogen-bond acceptors (Lipinski definition) is 4. The van der Waals surface area contributed by atoms with Crippen molar-refractivity contribution in [3.05, 3.63) is 24.2 Å². The molecule has 1 fully saturated rings. The predicted octanol–water partition coefficient (Wildman–Crippen LogP) is 1.37. The fraction of sp³-hybridized carbons (Fsp3) is 0.500. The van der Waals surface area contributed by atoms with E-state index in [0.29, 0.717) is 0 Å². The van der Waals surface area contributed by atoms with Crippen LogP contribution in [-0.4, -0.2) is 36.3 Å². The molecule has 1 aromatic rings. The van der Waals surface area contributed by atoms with Crippen LogP contribution < -0.4 is 0 Å². The van der Waals surface area contributed by atoms with E-state index in [-0.39, 0.29) is 12.0 Å². The monoisotopic (exact) mass is 234 g/mol. The smallest absolute Gasteiger partial charge is 0.251 e. The van der Waals surface area contributed by atoms with Crippen LogP contribution in [-0.2, 0) is 9.53 Å². The number of nitrogens with zero attached hydrogens (tertiary/aromatic N) is 2. The highest BCUT2D eigenvalue weighted by Gasteiger charge is 2.37. The molecule has 0 spiro atoms. The summed E-state index contributed by atoms with van der Waals surface area (Å²) >= 11 is 0. The Balaban J connectivity index is 1.77. The zero-order valence-corrected chi connectivity index (χ0v) is 9.41. The molecule has 0 N–H and O–H groups in total. The maximum Gasteiger partial charge on any atom is 0.251 e. The summed E-state index contributed by atoms with van der Waals surface area (Å²) in [7, 11) is 0. The van der Waals surface area contributed by atoms with Crippen molar-refractivity contribution in [2.24, 2.45) is 4.99 Å². The van der Waals surface area contributed by atoms with Crippen molar-refractivity contribution in [3.8, 4) is 0 Å². The van der Waals surface area contributed by atoms with Gasteiger partial charge >= 0.3 is 0 Å². The highest BCUT2D eigenvalue weighted by molar-refractivity contribution is 5.85. The van der Waals surface area contributed by atoms with E-state index in [2.05, 4.69) is 4.99 Å². The maximum atomic E-state index is 12.3. The largest absolute Gasteiger partial charge is 0.473 e. The number of carbonyl (C=O) groups is 1. The van der Waals surface area contributed by atoms with Crippen molar-refractivity contribution < 1.29 is 13.9 Å². The van der Waals surface area contributed by atoms with Crippen LogP contribution in [0, 0.1) is 0 Å². The second-order valence-electron chi connectivity index (χ2n) is 4.35. The van der Waals surface area contributed by atoms with E-state index in [9.17, 15) is 4.79 Å². The lowest BCUT2D eigenvalue weighted by atomic mass is 10.1. The number of amides is 1. The third kappa shape index (κ3) is 1.81. The average Bonchev–Trinajstić information content (AvgIpc) is 3.09. The Morgan fingerprint density at radius 1 is 1.41 bits per heavy atom. The van der Waals surface area contributed by atoms with E-state index >= 15 is 0 Å². The van der Waals surface area contributed by atoms with Crippen LogP contribution in [0.4, 0.5) is 0 Å². The van der Waals surface area contributed by atoms with Crippen LogP contribution in [0.25, 0.3) is 0 Å². The lowest BCUT2D eigenvalue weighted by Crippen LogP contribution is -2.38. The molecule has 1 saturated heterocycles. The third-order valence-corrected chi connectivity index (χ3v) is 3.26. The summed E-state index contributed by atoms with van der Waals surface area (Å²) in [5, 5.41) is 0. The van der Waals surface area contributed by atoms with Crippen LogP contribution in [0.15, 0.2) is 28.0 Å². The van der Waals surface area contributed by atoms with Gasteiger partial charge in [0.15, 0.2) is 18.5 Å². The van der Waals surface area contributed by atoms with Crippen LogP contribution in [0.2, 0.25) is 0 Å². The van der Waals surface area contributed by atoms with Gasteiger partial charge in [-0.15, -0.1) is 0 Å². The van der Waals surface area contributed by atoms with E-state index in [1.807, 2.05) is 11.0 Å². The Hall–Kier alpha value is -1.78. The molecule has 0 aromatic carbocycles. The number of rotatable bonds is 2. The number of furan rings is 1. The van der Waals surface area contributed by atoms with Crippen molar-refractivity contribution in [2.45, 2.75) is 25.0 Å². The van der Waals surface area contributed by atoms with Gasteiger partial charge in [-0.05, 0) is 18.9 Å². The number of ether oxygens (including phenoxy) is 1. The lowest BCUT2D eigenvalue weighted by molar-refractivity contribution is -0.133. The molecule has 3 rings (SSSR count). The molecule has 0 bridgehead atoms. The molecule has 0 radical (unpaired) electrons. The first-order chi connectivity index (χ1) is 8.36. The van der Waals surface area contributed by atoms with Crippen LogP contribution >= 0.6 is 0 Å². The molecule has 1 amide bonds. The van der Waals surface area contributed by atoms with Crippen molar-refractivity contribution >= 4 is 12.3 Å². The summed E-state index contributed by atoms with van der Waals surface area (Å²) in [5.74, 6) is 0.0578. The average molecular weight is 234 g/mol. The molecule has 17 heavy (non-hydrogen) atoms. The molecule has 0 aliphatic carbocycles. The topological polar surface area (TPSA) is 55.0 Å². The SMILES string of the molecule is O=C([C@@H]1N=CO[C@H]1c1ccoc1)N1CCCC1. The minimum atomic E-state index is -0.453. The molecule has 3 heterocycles. The van der Waals surface area contributed by atoms with Crippen molar-refractivity contribution in [1.82, 2.24) is 4.90 Å². The molecule has 2 atom stereocenters. The Morgan fingerprint density at radius 2 is 2.24 bits per heavy atom. The van der Waals surface area contributed by atoms with E-state index in [1.54, 1.807) is 12.5 Å². The number of likely N-dealkylation sites (tertiary alicyclic amines) is 1. The van der Waals surface area contributed by atoms with Gasteiger partial charge in [0.1, 0.15) is 0 Å². The second kappa shape index (κ2) is 4.24. The Bertz CT molecular complexity index is 421. The van der Waals surface area contributed by atoms with Gasteiger partial charge in [0.05, 0.1) is 12.5 Å². The quantitative estimate of drug-likeness (QED) is 0.776. The fourth-order valence-corrected chi connectivity index (χ4v) is 2.33. The Morgan fingerprint density at radius 3 is 2.94 bits per heavy atom. The van der Waals surface area contributed by atoms with Crippen LogP contribution in [0.5, 0.6) is 0 Å². The van der Waals surface area contributed by atoms with Gasteiger partial charge in [0, 0.05) is 18.7 Å². The highest BCUT2D eigenvalue weighted by atomic mass is 16.5. The maximum absolute atomic E-state index is 12.3. The minimum absolute atomic E-state index is 0.0578. The number of carbonyl (C=O) groups excluding carboxylic acids is 1. The van der Waals surface area contributed by atoms with Gasteiger partial charge in [-0.2, -0.15) is 0 Å². The molecular weight excluding hydrogens is 220 g/mol. The van der Waals surface area contributed by atoms with E-state index in [1.165, 1.54) is 6.40 Å². The van der Waals surface area contributed by atoms with Gasteiger partial charge in [-0.25, -0.2) is 4.99 Å². The second-order valence-corrected chi connectivity index (χ2v) is 4.35. The molecule has 1 aromatic heterocycles. The van der Waals surface area contributed by atoms with Gasteiger partial charge in [0.25, 0.3) is 5.91 Å². The summed E-state index contributed by atoms with van der Waals surface area (Å²) in [6, 6.07) is 1.36.